The molecule has 0 saturated heterocycles. The number of rotatable bonds is 5. The molecule has 1 aliphatic carbocycles. The first-order chi connectivity index (χ1) is 8.44. The van der Waals surface area contributed by atoms with Crippen LogP contribution in [0.1, 0.15) is 32.3 Å². The minimum absolute atomic E-state index is 0.00105. The maximum atomic E-state index is 12.3. The van der Waals surface area contributed by atoms with Crippen molar-refractivity contribution in [1.82, 2.24) is 4.72 Å². The molecular formula is C13H20N2O2S. The normalized spacial score (nSPS) is 17.7. The van der Waals surface area contributed by atoms with Crippen molar-refractivity contribution in [3.63, 3.8) is 0 Å². The monoisotopic (exact) mass is 268 g/mol. The van der Waals surface area contributed by atoms with Crippen molar-refractivity contribution < 1.29 is 8.42 Å². The molecular weight excluding hydrogens is 248 g/mol. The molecule has 5 heteroatoms. The highest BCUT2D eigenvalue weighted by Gasteiger charge is 2.31. The number of anilines is 1. The zero-order valence-corrected chi connectivity index (χ0v) is 11.6. The van der Waals surface area contributed by atoms with Gasteiger partial charge in [0.15, 0.2) is 0 Å². The highest BCUT2D eigenvalue weighted by atomic mass is 32.2. The Hall–Kier alpha value is -1.07. The van der Waals surface area contributed by atoms with E-state index in [9.17, 15) is 8.42 Å². The Morgan fingerprint density at radius 2 is 2.11 bits per heavy atom. The van der Waals surface area contributed by atoms with Gasteiger partial charge in [0.05, 0.1) is 4.90 Å². The fourth-order valence-electron chi connectivity index (χ4n) is 2.11. The van der Waals surface area contributed by atoms with Crippen molar-refractivity contribution in [2.75, 3.05) is 5.73 Å². The van der Waals surface area contributed by atoms with Crippen LogP contribution in [0.25, 0.3) is 0 Å². The average Bonchev–Trinajstić information content (AvgIpc) is 3.12. The SMILES string of the molecule is CCc1ccc(N)cc1S(=O)(=O)NC(C)C1CC1. The lowest BCUT2D eigenvalue weighted by atomic mass is 10.1. The summed E-state index contributed by atoms with van der Waals surface area (Å²) in [7, 11) is -3.46. The third-order valence-electron chi connectivity index (χ3n) is 3.43. The first-order valence-electron chi connectivity index (χ1n) is 6.34. The van der Waals surface area contributed by atoms with E-state index in [1.165, 1.54) is 0 Å². The summed E-state index contributed by atoms with van der Waals surface area (Å²) in [6.07, 6.45) is 2.90. The minimum atomic E-state index is -3.46. The zero-order valence-electron chi connectivity index (χ0n) is 10.8. The summed E-state index contributed by atoms with van der Waals surface area (Å²) in [5.74, 6) is 0.492. The third-order valence-corrected chi connectivity index (χ3v) is 5.07. The second-order valence-electron chi connectivity index (χ2n) is 4.97. The Morgan fingerprint density at radius 3 is 2.67 bits per heavy atom. The van der Waals surface area contributed by atoms with Gasteiger partial charge in [0, 0.05) is 11.7 Å². The number of nitrogens with two attached hydrogens (primary N) is 1. The van der Waals surface area contributed by atoms with Crippen LogP contribution in [-0.2, 0) is 16.4 Å². The Morgan fingerprint density at radius 1 is 1.44 bits per heavy atom. The minimum Gasteiger partial charge on any atom is -0.399 e. The summed E-state index contributed by atoms with van der Waals surface area (Å²) in [4.78, 5) is 0.317. The molecule has 0 amide bonds. The maximum absolute atomic E-state index is 12.3. The summed E-state index contributed by atoms with van der Waals surface area (Å²) in [5, 5.41) is 0. The predicted molar refractivity (Wildman–Crippen MR) is 72.7 cm³/mol. The van der Waals surface area contributed by atoms with E-state index in [1.807, 2.05) is 13.8 Å². The second-order valence-corrected chi connectivity index (χ2v) is 6.65. The van der Waals surface area contributed by atoms with Crippen LogP contribution in [0.15, 0.2) is 23.1 Å². The third kappa shape index (κ3) is 2.84. The number of hydrogen-bond donors (Lipinski definition) is 2. The van der Waals surface area contributed by atoms with Gasteiger partial charge in [-0.1, -0.05) is 13.0 Å². The lowest BCUT2D eigenvalue weighted by Gasteiger charge is -2.15. The number of sulfonamides is 1. The maximum Gasteiger partial charge on any atom is 0.241 e. The van der Waals surface area contributed by atoms with Gasteiger partial charge in [-0.25, -0.2) is 13.1 Å². The molecule has 1 aromatic carbocycles. The van der Waals surface area contributed by atoms with Crippen molar-refractivity contribution in [3.05, 3.63) is 23.8 Å². The standard InChI is InChI=1S/C13H20N2O2S/c1-3-10-6-7-12(14)8-13(10)18(16,17)15-9(2)11-4-5-11/h6-9,11,15H,3-5,14H2,1-2H3. The van der Waals surface area contributed by atoms with Gasteiger partial charge in [0.1, 0.15) is 0 Å². The van der Waals surface area contributed by atoms with E-state index < -0.39 is 10.0 Å². The Bertz CT molecular complexity index is 536. The van der Waals surface area contributed by atoms with Crippen LogP contribution in [0.5, 0.6) is 0 Å². The van der Waals surface area contributed by atoms with E-state index in [2.05, 4.69) is 4.72 Å². The number of nitrogen functional groups attached to an aromatic ring is 1. The van der Waals surface area contributed by atoms with Gasteiger partial charge in [-0.2, -0.15) is 0 Å². The molecule has 18 heavy (non-hydrogen) atoms. The van der Waals surface area contributed by atoms with Crippen molar-refractivity contribution in [2.45, 2.75) is 44.0 Å². The van der Waals surface area contributed by atoms with E-state index in [0.29, 0.717) is 22.9 Å². The Kier molecular flexibility index (Phi) is 3.64. The van der Waals surface area contributed by atoms with Gasteiger partial charge < -0.3 is 5.73 Å². The smallest absolute Gasteiger partial charge is 0.241 e. The predicted octanol–water partition coefficient (Wildman–Crippen LogP) is 1.91. The Balaban J connectivity index is 2.30. The van der Waals surface area contributed by atoms with Gasteiger partial charge in [-0.3, -0.25) is 0 Å². The highest BCUT2D eigenvalue weighted by molar-refractivity contribution is 7.89. The lowest BCUT2D eigenvalue weighted by molar-refractivity contribution is 0.537. The Labute approximate surface area is 109 Å². The van der Waals surface area contributed by atoms with Crippen molar-refractivity contribution >= 4 is 15.7 Å². The van der Waals surface area contributed by atoms with Crippen LogP contribution in [0.2, 0.25) is 0 Å². The molecule has 4 nitrogen and oxygen atoms in total. The van der Waals surface area contributed by atoms with E-state index >= 15 is 0 Å². The topological polar surface area (TPSA) is 72.2 Å². The van der Waals surface area contributed by atoms with Crippen LogP contribution in [0, 0.1) is 5.92 Å². The molecule has 1 fully saturated rings. The number of benzene rings is 1. The molecule has 100 valence electrons. The molecule has 0 radical (unpaired) electrons. The van der Waals surface area contributed by atoms with Gasteiger partial charge >= 0.3 is 0 Å². The van der Waals surface area contributed by atoms with Crippen molar-refractivity contribution in [2.24, 2.45) is 5.92 Å². The molecule has 0 heterocycles. The molecule has 0 bridgehead atoms. The van der Waals surface area contributed by atoms with Gasteiger partial charge in [0.25, 0.3) is 0 Å². The summed E-state index contributed by atoms with van der Waals surface area (Å²) >= 11 is 0. The molecule has 1 unspecified atom stereocenters. The molecule has 0 aliphatic heterocycles. The number of hydrogen-bond acceptors (Lipinski definition) is 3. The fourth-order valence-corrected chi connectivity index (χ4v) is 3.77. The largest absolute Gasteiger partial charge is 0.399 e. The van der Waals surface area contributed by atoms with Crippen molar-refractivity contribution in [3.8, 4) is 0 Å². The van der Waals surface area contributed by atoms with Crippen molar-refractivity contribution in [1.29, 1.82) is 0 Å². The van der Waals surface area contributed by atoms with Gasteiger partial charge in [0.2, 0.25) is 10.0 Å². The second kappa shape index (κ2) is 4.90. The molecule has 0 aromatic heterocycles. The highest BCUT2D eigenvalue weighted by Crippen LogP contribution is 2.33. The quantitative estimate of drug-likeness (QED) is 0.801. The van der Waals surface area contributed by atoms with Gasteiger partial charge in [-0.15, -0.1) is 0 Å². The van der Waals surface area contributed by atoms with E-state index in [-0.39, 0.29) is 6.04 Å². The number of aryl methyl sites for hydroxylation is 1. The van der Waals surface area contributed by atoms with Crippen LogP contribution in [0.3, 0.4) is 0 Å². The summed E-state index contributed by atoms with van der Waals surface area (Å²) < 4.78 is 27.4. The molecule has 1 atom stereocenters. The first-order valence-corrected chi connectivity index (χ1v) is 7.83. The van der Waals surface area contributed by atoms with Gasteiger partial charge in [-0.05, 0) is 49.8 Å². The summed E-state index contributed by atoms with van der Waals surface area (Å²) in [6, 6.07) is 5.07. The average molecular weight is 268 g/mol. The lowest BCUT2D eigenvalue weighted by Crippen LogP contribution is -2.34. The van der Waals surface area contributed by atoms with Crippen LogP contribution in [-0.4, -0.2) is 14.5 Å². The number of nitrogens with one attached hydrogen (secondary N) is 1. The molecule has 0 spiro atoms. The first kappa shape index (κ1) is 13.4. The molecule has 1 saturated carbocycles. The van der Waals surface area contributed by atoms with Crippen LogP contribution >= 0.6 is 0 Å². The van der Waals surface area contributed by atoms with Crippen LogP contribution in [0.4, 0.5) is 5.69 Å². The van der Waals surface area contributed by atoms with Crippen LogP contribution < -0.4 is 10.5 Å². The van der Waals surface area contributed by atoms with E-state index in [1.54, 1.807) is 18.2 Å². The fraction of sp³-hybridized carbons (Fsp3) is 0.538. The molecule has 3 N–H and O–H groups in total. The van der Waals surface area contributed by atoms with E-state index in [4.69, 9.17) is 5.73 Å². The molecule has 1 aliphatic rings. The molecule has 1 aromatic rings. The summed E-state index contributed by atoms with van der Waals surface area (Å²) in [5.41, 5.74) is 6.97. The zero-order chi connectivity index (χ0) is 13.3. The summed E-state index contributed by atoms with van der Waals surface area (Å²) in [6.45, 7) is 3.86. The molecule has 2 rings (SSSR count). The van der Waals surface area contributed by atoms with E-state index in [0.717, 1.165) is 18.4 Å².